The number of fused-ring (bicyclic) bond motifs is 6. The largest absolute Gasteiger partial charge is 0.434 e. The van der Waals surface area contributed by atoms with Gasteiger partial charge in [-0.25, -0.2) is 58.0 Å². The lowest BCUT2D eigenvalue weighted by Gasteiger charge is -2.25. The molecule has 6 aromatic heterocycles. The van der Waals surface area contributed by atoms with E-state index in [1.54, 1.807) is 41.6 Å². The van der Waals surface area contributed by atoms with Crippen molar-refractivity contribution in [3.8, 4) is 34.2 Å². The van der Waals surface area contributed by atoms with Crippen LogP contribution in [-0.2, 0) is 37.8 Å². The molecule has 6 fully saturated rings. The van der Waals surface area contributed by atoms with Crippen LogP contribution in [0.3, 0.4) is 0 Å². The Balaban J connectivity index is 0.000000134. The van der Waals surface area contributed by atoms with Gasteiger partial charge in [0.2, 0.25) is 0 Å². The summed E-state index contributed by atoms with van der Waals surface area (Å²) in [7, 11) is 0. The minimum atomic E-state index is -4.56. The molecule has 30 heteroatoms. The Bertz CT molecular complexity index is 4250. The van der Waals surface area contributed by atoms with Gasteiger partial charge in [-0.2, -0.15) is 39.5 Å². The van der Waals surface area contributed by atoms with E-state index in [4.69, 9.17) is 0 Å². The van der Waals surface area contributed by atoms with Crippen LogP contribution in [0.5, 0.6) is 0 Å². The zero-order chi connectivity index (χ0) is 70.4. The van der Waals surface area contributed by atoms with Crippen LogP contribution in [0.15, 0.2) is 141 Å². The fourth-order valence-electron chi connectivity index (χ4n) is 15.2. The molecule has 516 valence electrons. The van der Waals surface area contributed by atoms with Gasteiger partial charge in [0.1, 0.15) is 5.82 Å². The van der Waals surface area contributed by atoms with E-state index in [0.29, 0.717) is 77.0 Å². The molecule has 6 saturated heterocycles. The van der Waals surface area contributed by atoms with Gasteiger partial charge < -0.3 is 14.7 Å². The summed E-state index contributed by atoms with van der Waals surface area (Å²) in [5.74, 6) is -1.59. The molecule has 6 aliphatic rings. The molecule has 9 atom stereocenters. The fraction of sp³-hybridized carbons (Fsp3) is 0.357. The molecule has 0 aliphatic carbocycles. The highest BCUT2D eigenvalue weighted by Gasteiger charge is 2.52. The number of hydrogen-bond acceptors (Lipinski definition) is 15. The lowest BCUT2D eigenvalue weighted by molar-refractivity contribution is -0.142. The van der Waals surface area contributed by atoms with Gasteiger partial charge in [0.15, 0.2) is 46.2 Å². The fourth-order valence-corrected chi connectivity index (χ4v) is 15.2. The molecule has 12 heterocycles. The van der Waals surface area contributed by atoms with E-state index in [9.17, 15) is 67.1 Å². The highest BCUT2D eigenvalue weighted by atomic mass is 19.4. The SMILES string of the molecule is Cc1cccc(C(=O)N2C3CCC2C(Cc2cnc(C(F)(F)F)cn2)C3)c1-c1ncc(F)cn1.O=C(c1cccc(F)c1-c1ncc(F)cn1)N1C2CCC1C(Cc1cnc(C(F)(F)F)cn1)C2.O=C(c1ccccc1-c1ncccn1)N1C2CCC1C(Cc1cnc(C(F)(F)F)cn1)C2. The summed E-state index contributed by atoms with van der Waals surface area (Å²) in [4.78, 5) is 93.1. The molecule has 6 bridgehead atoms. The molecule has 3 amide bonds. The second kappa shape index (κ2) is 27.8. The van der Waals surface area contributed by atoms with Gasteiger partial charge in [-0.1, -0.05) is 36.4 Å². The average molecular weight is 1390 g/mol. The zero-order valence-corrected chi connectivity index (χ0v) is 52.9. The Morgan fingerprint density at radius 3 is 1.16 bits per heavy atom. The summed E-state index contributed by atoms with van der Waals surface area (Å²) < 4.78 is 156. The van der Waals surface area contributed by atoms with E-state index in [1.165, 1.54) is 30.6 Å². The van der Waals surface area contributed by atoms with Crippen LogP contribution in [0.25, 0.3) is 34.2 Å². The highest BCUT2D eigenvalue weighted by molar-refractivity contribution is 6.03. The van der Waals surface area contributed by atoms with Crippen molar-refractivity contribution in [3.63, 3.8) is 0 Å². The van der Waals surface area contributed by atoms with Crippen LogP contribution in [0.2, 0.25) is 0 Å². The number of alkyl halides is 9. The van der Waals surface area contributed by atoms with E-state index >= 15 is 0 Å². The van der Waals surface area contributed by atoms with Crippen molar-refractivity contribution >= 4 is 17.7 Å². The number of halogens is 12. The first kappa shape index (κ1) is 68.2. The normalized spacial score (nSPS) is 22.0. The molecule has 0 N–H and O–H groups in total. The van der Waals surface area contributed by atoms with E-state index in [-0.39, 0.29) is 94.5 Å². The smallest absolute Gasteiger partial charge is 0.332 e. The van der Waals surface area contributed by atoms with Crippen molar-refractivity contribution in [1.29, 1.82) is 0 Å². The van der Waals surface area contributed by atoms with Crippen molar-refractivity contribution in [3.05, 3.63) is 215 Å². The third-order valence-corrected chi connectivity index (χ3v) is 19.5. The summed E-state index contributed by atoms with van der Waals surface area (Å²) in [5.41, 5.74) is 1.42. The maximum absolute atomic E-state index is 14.7. The molecular weight excluding hydrogens is 1330 g/mol. The molecule has 15 rings (SSSR count). The minimum Gasteiger partial charge on any atom is -0.332 e. The van der Waals surface area contributed by atoms with E-state index in [1.807, 2.05) is 41.0 Å². The monoisotopic (exact) mass is 1390 g/mol. The van der Waals surface area contributed by atoms with Crippen LogP contribution in [0, 0.1) is 42.1 Å². The first-order valence-corrected chi connectivity index (χ1v) is 32.2. The van der Waals surface area contributed by atoms with Gasteiger partial charge in [-0.15, -0.1) is 0 Å². The van der Waals surface area contributed by atoms with Crippen molar-refractivity contribution in [2.45, 2.75) is 139 Å². The first-order chi connectivity index (χ1) is 47.9. The van der Waals surface area contributed by atoms with Gasteiger partial charge in [0, 0.05) is 78.4 Å². The second-order valence-corrected chi connectivity index (χ2v) is 25.5. The topological polar surface area (TPSA) is 216 Å². The summed E-state index contributed by atoms with van der Waals surface area (Å²) in [6.07, 6.45) is 7.98. The van der Waals surface area contributed by atoms with Gasteiger partial charge in [-0.3, -0.25) is 29.3 Å². The quantitative estimate of drug-likeness (QED) is 0.104. The Labute approximate surface area is 562 Å². The molecule has 0 radical (unpaired) electrons. The number of aromatic nitrogens is 12. The van der Waals surface area contributed by atoms with E-state index in [2.05, 4.69) is 59.8 Å². The second-order valence-electron chi connectivity index (χ2n) is 25.5. The summed E-state index contributed by atoms with van der Waals surface area (Å²) in [5, 5.41) is 0. The van der Waals surface area contributed by atoms with Crippen molar-refractivity contribution < 1.29 is 67.1 Å². The maximum Gasteiger partial charge on any atom is 0.434 e. The number of carbonyl (C=O) groups excluding carboxylic acids is 3. The van der Waals surface area contributed by atoms with Crippen molar-refractivity contribution in [2.24, 2.45) is 17.8 Å². The molecule has 0 spiro atoms. The van der Waals surface area contributed by atoms with Gasteiger partial charge in [0.05, 0.1) is 82.7 Å². The number of benzene rings is 3. The predicted octanol–water partition coefficient (Wildman–Crippen LogP) is 13.3. The number of rotatable bonds is 12. The Hall–Kier alpha value is -10.3. The molecule has 18 nitrogen and oxygen atoms in total. The standard InChI is InChI=1S/C24H21F4N5O.C23H18F5N5O.C23H20F3N5O/c1-13-3-2-4-18(21(13)22-31-9-15(25)10-32-22)23(34)33-17-5-6-19(33)14(8-17)7-16-11-30-20(12-29-16)24(26,27)28;24-13-8-31-21(32-9-13)20-16(2-1-3-17(20)25)22(34)33-15-4-5-18(33)12(7-15)6-14-10-30-19(11-29-14)23(26,27)28;24-23(25,26)20-13-29-15(12-30-20)10-14-11-16-6-7-19(14)31(16)22(32)18-5-2-1-4-17(18)21-27-8-3-9-28-21/h2-4,9-12,14,17,19H,5-8H2,1H3;1-3,8-12,15,18H,4-7H2;1-5,8-9,12-14,16,19H,6-7,10-11H2. The van der Waals surface area contributed by atoms with Crippen molar-refractivity contribution in [1.82, 2.24) is 74.5 Å². The molecule has 6 aliphatic heterocycles. The Morgan fingerprint density at radius 1 is 0.390 bits per heavy atom. The molecule has 3 aromatic carbocycles. The van der Waals surface area contributed by atoms with Crippen LogP contribution in [0.4, 0.5) is 52.7 Å². The first-order valence-electron chi connectivity index (χ1n) is 32.2. The Morgan fingerprint density at radius 2 is 0.760 bits per heavy atom. The zero-order valence-electron chi connectivity index (χ0n) is 52.9. The predicted molar refractivity (Wildman–Crippen MR) is 332 cm³/mol. The van der Waals surface area contributed by atoms with E-state index in [0.717, 1.165) is 100 Å². The molecular formula is C70H59F12N15O3. The summed E-state index contributed by atoms with van der Waals surface area (Å²) in [6.45, 7) is 1.85. The molecule has 9 aromatic rings. The highest BCUT2D eigenvalue weighted by Crippen LogP contribution is 2.48. The lowest BCUT2D eigenvalue weighted by atomic mass is 9.86. The number of carbonyl (C=O) groups is 3. The third-order valence-electron chi connectivity index (χ3n) is 19.5. The summed E-state index contributed by atoms with van der Waals surface area (Å²) in [6, 6.07) is 18.4. The number of nitrogens with zero attached hydrogens (tertiary/aromatic N) is 15. The average Bonchev–Trinajstić information content (AvgIpc) is 1.60. The van der Waals surface area contributed by atoms with E-state index < -0.39 is 53.1 Å². The summed E-state index contributed by atoms with van der Waals surface area (Å²) >= 11 is 0. The van der Waals surface area contributed by atoms with Crippen LogP contribution >= 0.6 is 0 Å². The number of amides is 3. The van der Waals surface area contributed by atoms with Crippen LogP contribution in [-0.4, -0.2) is 128 Å². The van der Waals surface area contributed by atoms with Crippen LogP contribution < -0.4 is 0 Å². The van der Waals surface area contributed by atoms with Gasteiger partial charge in [-0.05, 0) is 138 Å². The molecule has 0 saturated carbocycles. The van der Waals surface area contributed by atoms with Crippen molar-refractivity contribution in [2.75, 3.05) is 0 Å². The molecule has 9 unspecified atom stereocenters. The number of aryl methyl sites for hydroxylation is 1. The van der Waals surface area contributed by atoms with Gasteiger partial charge in [0.25, 0.3) is 17.7 Å². The van der Waals surface area contributed by atoms with Gasteiger partial charge >= 0.3 is 18.5 Å². The lowest BCUT2D eigenvalue weighted by Crippen LogP contribution is -2.37. The number of hydrogen-bond donors (Lipinski definition) is 0. The minimum absolute atomic E-state index is 0.00665. The molecule has 100 heavy (non-hydrogen) atoms. The third kappa shape index (κ3) is 14.2. The Kier molecular flexibility index (Phi) is 19.0. The maximum atomic E-state index is 14.7. The van der Waals surface area contributed by atoms with Crippen LogP contribution in [0.1, 0.15) is 129 Å².